The number of likely N-dealkylation sites (N-methyl/N-ethyl adjacent to an activating group) is 1. The molecule has 0 aromatic carbocycles. The topological polar surface area (TPSA) is 122 Å². The van der Waals surface area contributed by atoms with Crippen LogP contribution in [0.25, 0.3) is 0 Å². The van der Waals surface area contributed by atoms with Crippen LogP contribution in [0.4, 0.5) is 0 Å². The number of carbonyl (C=O) groups is 3. The van der Waals surface area contributed by atoms with Gasteiger partial charge in [0.15, 0.2) is 0 Å². The van der Waals surface area contributed by atoms with E-state index in [4.69, 9.17) is 10.8 Å². The summed E-state index contributed by atoms with van der Waals surface area (Å²) in [4.78, 5) is 33.0. The maximum absolute atomic E-state index is 11.6. The first kappa shape index (κ1) is 18.4. The van der Waals surface area contributed by atoms with Gasteiger partial charge in [-0.1, -0.05) is 6.92 Å². The minimum absolute atomic E-state index is 0.102. The Morgan fingerprint density at radius 2 is 1.85 bits per heavy atom. The van der Waals surface area contributed by atoms with Crippen molar-refractivity contribution in [2.75, 3.05) is 13.6 Å². The van der Waals surface area contributed by atoms with Crippen LogP contribution in [0.3, 0.4) is 0 Å². The smallest absolute Gasteiger partial charge is 0.320 e. The molecule has 2 amide bonds. The Balaban J connectivity index is 3.71. The molecule has 0 radical (unpaired) electrons. The SMILES string of the molecule is CN[C@@H](CCCCNC(=O)[C@H](C)CCC(N)=O)C(=O)O. The number of primary amides is 1. The van der Waals surface area contributed by atoms with E-state index in [1.54, 1.807) is 14.0 Å². The van der Waals surface area contributed by atoms with E-state index < -0.39 is 17.9 Å². The van der Waals surface area contributed by atoms with E-state index in [2.05, 4.69) is 10.6 Å². The first-order chi connectivity index (χ1) is 9.38. The summed E-state index contributed by atoms with van der Waals surface area (Å²) in [6.07, 6.45) is 2.62. The molecule has 0 aliphatic heterocycles. The van der Waals surface area contributed by atoms with Gasteiger partial charge in [0.25, 0.3) is 0 Å². The predicted octanol–water partition coefficient (Wildman–Crippen LogP) is -0.153. The fourth-order valence-corrected chi connectivity index (χ4v) is 1.74. The second-order valence-corrected chi connectivity index (χ2v) is 4.87. The maximum atomic E-state index is 11.6. The lowest BCUT2D eigenvalue weighted by atomic mass is 10.0. The van der Waals surface area contributed by atoms with Crippen molar-refractivity contribution in [1.29, 1.82) is 0 Å². The Kier molecular flexibility index (Phi) is 9.36. The molecular weight excluding hydrogens is 262 g/mol. The van der Waals surface area contributed by atoms with Crippen molar-refractivity contribution in [3.05, 3.63) is 0 Å². The molecule has 0 fully saturated rings. The number of unbranched alkanes of at least 4 members (excludes halogenated alkanes) is 1. The van der Waals surface area contributed by atoms with Gasteiger partial charge < -0.3 is 21.5 Å². The number of aliphatic carboxylic acids is 1. The average molecular weight is 287 g/mol. The minimum Gasteiger partial charge on any atom is -0.480 e. The molecule has 0 spiro atoms. The van der Waals surface area contributed by atoms with Crippen molar-refractivity contribution in [3.8, 4) is 0 Å². The fourth-order valence-electron chi connectivity index (χ4n) is 1.74. The van der Waals surface area contributed by atoms with E-state index >= 15 is 0 Å². The summed E-state index contributed by atoms with van der Waals surface area (Å²) in [5, 5.41) is 14.3. The van der Waals surface area contributed by atoms with E-state index in [-0.39, 0.29) is 18.2 Å². The van der Waals surface area contributed by atoms with E-state index in [9.17, 15) is 14.4 Å². The van der Waals surface area contributed by atoms with Crippen LogP contribution in [0.5, 0.6) is 0 Å². The maximum Gasteiger partial charge on any atom is 0.320 e. The summed E-state index contributed by atoms with van der Waals surface area (Å²) in [5.74, 6) is -1.62. The van der Waals surface area contributed by atoms with Crippen molar-refractivity contribution in [2.45, 2.75) is 45.1 Å². The Labute approximate surface area is 119 Å². The zero-order valence-corrected chi connectivity index (χ0v) is 12.1. The predicted molar refractivity (Wildman–Crippen MR) is 74.9 cm³/mol. The third-order valence-corrected chi connectivity index (χ3v) is 3.14. The molecular formula is C13H25N3O4. The third kappa shape index (κ3) is 8.47. The molecule has 7 heteroatoms. The molecule has 0 unspecified atom stereocenters. The molecule has 0 aliphatic rings. The number of nitrogens with one attached hydrogen (secondary N) is 2. The van der Waals surface area contributed by atoms with E-state index in [1.165, 1.54) is 0 Å². The summed E-state index contributed by atoms with van der Waals surface area (Å²) in [5.41, 5.74) is 5.02. The van der Waals surface area contributed by atoms with Gasteiger partial charge in [-0.25, -0.2) is 0 Å². The number of carbonyl (C=O) groups excluding carboxylic acids is 2. The van der Waals surface area contributed by atoms with Gasteiger partial charge >= 0.3 is 5.97 Å². The Morgan fingerprint density at radius 3 is 2.35 bits per heavy atom. The number of carboxylic acid groups (broad SMARTS) is 1. The molecule has 0 heterocycles. The van der Waals surface area contributed by atoms with Crippen LogP contribution in [0.1, 0.15) is 39.0 Å². The molecule has 5 N–H and O–H groups in total. The minimum atomic E-state index is -0.864. The van der Waals surface area contributed by atoms with Gasteiger partial charge in [0.1, 0.15) is 6.04 Å². The normalized spacial score (nSPS) is 13.5. The highest BCUT2D eigenvalue weighted by Crippen LogP contribution is 2.05. The number of hydrogen-bond acceptors (Lipinski definition) is 4. The number of hydrogen-bond donors (Lipinski definition) is 4. The first-order valence-electron chi connectivity index (χ1n) is 6.84. The quantitative estimate of drug-likeness (QED) is 0.394. The Bertz CT molecular complexity index is 334. The molecule has 0 aromatic rings. The van der Waals surface area contributed by atoms with Crippen molar-refractivity contribution >= 4 is 17.8 Å². The van der Waals surface area contributed by atoms with Crippen molar-refractivity contribution in [2.24, 2.45) is 11.7 Å². The fraction of sp³-hybridized carbons (Fsp3) is 0.769. The molecule has 7 nitrogen and oxygen atoms in total. The van der Waals surface area contributed by atoms with Gasteiger partial charge in [-0.05, 0) is 32.7 Å². The van der Waals surface area contributed by atoms with Gasteiger partial charge in [0, 0.05) is 18.9 Å². The summed E-state index contributed by atoms with van der Waals surface area (Å²) in [6, 6.07) is -0.541. The molecule has 116 valence electrons. The summed E-state index contributed by atoms with van der Waals surface area (Å²) in [7, 11) is 1.61. The van der Waals surface area contributed by atoms with Gasteiger partial charge in [0.2, 0.25) is 11.8 Å². The van der Waals surface area contributed by atoms with Crippen LogP contribution < -0.4 is 16.4 Å². The van der Waals surface area contributed by atoms with E-state index in [1.807, 2.05) is 0 Å². The molecule has 0 saturated carbocycles. The second-order valence-electron chi connectivity index (χ2n) is 4.87. The standard InChI is InChI=1S/C13H25N3O4/c1-9(6-7-11(14)17)12(18)16-8-4-3-5-10(15-2)13(19)20/h9-10,15H,3-8H2,1-2H3,(H2,14,17)(H,16,18)(H,19,20)/t9-,10+/m1/s1. The van der Waals surface area contributed by atoms with Crippen molar-refractivity contribution in [1.82, 2.24) is 10.6 Å². The van der Waals surface area contributed by atoms with Gasteiger partial charge in [-0.2, -0.15) is 0 Å². The monoisotopic (exact) mass is 287 g/mol. The number of carboxylic acids is 1. The van der Waals surface area contributed by atoms with Gasteiger partial charge in [-0.15, -0.1) is 0 Å². The molecule has 20 heavy (non-hydrogen) atoms. The molecule has 0 rings (SSSR count). The van der Waals surface area contributed by atoms with Crippen LogP contribution in [0.2, 0.25) is 0 Å². The number of rotatable bonds is 11. The zero-order valence-electron chi connectivity index (χ0n) is 12.1. The largest absolute Gasteiger partial charge is 0.480 e. The lowest BCUT2D eigenvalue weighted by molar-refractivity contribution is -0.139. The van der Waals surface area contributed by atoms with Crippen molar-refractivity contribution < 1.29 is 19.5 Å². The summed E-state index contributed by atoms with van der Waals surface area (Å²) >= 11 is 0. The highest BCUT2D eigenvalue weighted by atomic mass is 16.4. The molecule has 0 saturated heterocycles. The Hall–Kier alpha value is -1.63. The van der Waals surface area contributed by atoms with Crippen LogP contribution in [0, 0.1) is 5.92 Å². The second kappa shape index (κ2) is 10.2. The number of nitrogens with two attached hydrogens (primary N) is 1. The van der Waals surface area contributed by atoms with E-state index in [0.29, 0.717) is 25.8 Å². The van der Waals surface area contributed by atoms with Gasteiger partial charge in [-0.3, -0.25) is 14.4 Å². The summed E-state index contributed by atoms with van der Waals surface area (Å²) in [6.45, 7) is 2.26. The van der Waals surface area contributed by atoms with Crippen LogP contribution in [0.15, 0.2) is 0 Å². The van der Waals surface area contributed by atoms with Crippen molar-refractivity contribution in [3.63, 3.8) is 0 Å². The van der Waals surface area contributed by atoms with Gasteiger partial charge in [0.05, 0.1) is 0 Å². The lowest BCUT2D eigenvalue weighted by Gasteiger charge is -2.12. The number of amides is 2. The lowest BCUT2D eigenvalue weighted by Crippen LogP contribution is -2.34. The molecule has 0 bridgehead atoms. The first-order valence-corrected chi connectivity index (χ1v) is 6.84. The summed E-state index contributed by atoms with van der Waals surface area (Å²) < 4.78 is 0. The van der Waals surface area contributed by atoms with Crippen LogP contribution >= 0.6 is 0 Å². The highest BCUT2D eigenvalue weighted by molar-refractivity contribution is 5.79. The Morgan fingerprint density at radius 1 is 1.20 bits per heavy atom. The van der Waals surface area contributed by atoms with E-state index in [0.717, 1.165) is 6.42 Å². The third-order valence-electron chi connectivity index (χ3n) is 3.14. The molecule has 0 aromatic heterocycles. The highest BCUT2D eigenvalue weighted by Gasteiger charge is 2.15. The molecule has 0 aliphatic carbocycles. The molecule has 2 atom stereocenters. The zero-order chi connectivity index (χ0) is 15.5. The van der Waals surface area contributed by atoms with Crippen LogP contribution in [-0.4, -0.2) is 42.5 Å². The van der Waals surface area contributed by atoms with Crippen LogP contribution in [-0.2, 0) is 14.4 Å². The average Bonchev–Trinajstić information content (AvgIpc) is 2.39.